The zero-order valence-electron chi connectivity index (χ0n) is 10.9. The lowest BCUT2D eigenvalue weighted by atomic mass is 10.1. The number of hydrogen-bond donors (Lipinski definition) is 1. The molecule has 1 aromatic rings. The lowest BCUT2D eigenvalue weighted by Crippen LogP contribution is -2.45. The van der Waals surface area contributed by atoms with E-state index in [9.17, 15) is 17.2 Å². The summed E-state index contributed by atoms with van der Waals surface area (Å²) in [6.07, 6.45) is 2.44. The molecule has 1 saturated heterocycles. The predicted octanol–water partition coefficient (Wildman–Crippen LogP) is 3.26. The summed E-state index contributed by atoms with van der Waals surface area (Å²) in [4.78, 5) is 0. The quantitative estimate of drug-likeness (QED) is 0.889. The average molecular weight is 369 g/mol. The molecule has 0 aromatic heterocycles. The number of anilines is 1. The minimum atomic E-state index is -3.96. The van der Waals surface area contributed by atoms with E-state index < -0.39 is 27.5 Å². The summed E-state index contributed by atoms with van der Waals surface area (Å²) in [6.45, 7) is 2.14. The Morgan fingerprint density at radius 1 is 1.30 bits per heavy atom. The highest BCUT2D eigenvalue weighted by molar-refractivity contribution is 9.10. The fourth-order valence-electron chi connectivity index (χ4n) is 2.26. The zero-order chi connectivity index (χ0) is 14.9. The molecule has 1 N–H and O–H groups in total. The van der Waals surface area contributed by atoms with Crippen molar-refractivity contribution in [1.29, 1.82) is 0 Å². The molecule has 0 radical (unpaired) electrons. The Balaban J connectivity index is 2.29. The fraction of sp³-hybridized carbons (Fsp3) is 0.500. The van der Waals surface area contributed by atoms with Gasteiger partial charge in [-0.05, 0) is 31.9 Å². The van der Waals surface area contributed by atoms with Crippen molar-refractivity contribution < 1.29 is 17.2 Å². The summed E-state index contributed by atoms with van der Waals surface area (Å²) in [6, 6.07) is 1.85. The monoisotopic (exact) mass is 368 g/mol. The number of piperidine rings is 1. The van der Waals surface area contributed by atoms with Crippen molar-refractivity contribution in [2.45, 2.75) is 32.2 Å². The molecule has 1 aliphatic rings. The van der Waals surface area contributed by atoms with Crippen molar-refractivity contribution in [2.24, 2.45) is 0 Å². The summed E-state index contributed by atoms with van der Waals surface area (Å²) < 4.78 is 55.3. The topological polar surface area (TPSA) is 49.4 Å². The number of benzene rings is 1. The van der Waals surface area contributed by atoms with Crippen molar-refractivity contribution in [3.63, 3.8) is 0 Å². The first-order chi connectivity index (χ1) is 9.31. The van der Waals surface area contributed by atoms with E-state index >= 15 is 0 Å². The second-order valence-electron chi connectivity index (χ2n) is 4.81. The summed E-state index contributed by atoms with van der Waals surface area (Å²) in [5, 5.41) is 0. The van der Waals surface area contributed by atoms with Crippen molar-refractivity contribution in [3.8, 4) is 0 Å². The van der Waals surface area contributed by atoms with Gasteiger partial charge in [-0.25, -0.2) is 8.78 Å². The highest BCUT2D eigenvalue weighted by Gasteiger charge is 2.30. The summed E-state index contributed by atoms with van der Waals surface area (Å²) in [5.74, 6) is -1.91. The Kier molecular flexibility index (Phi) is 4.66. The van der Waals surface area contributed by atoms with Crippen molar-refractivity contribution in [1.82, 2.24) is 4.31 Å². The number of nitrogens with zero attached hydrogens (tertiary/aromatic N) is 1. The van der Waals surface area contributed by atoms with Crippen LogP contribution in [0.3, 0.4) is 0 Å². The molecular weight excluding hydrogens is 354 g/mol. The van der Waals surface area contributed by atoms with Gasteiger partial charge in [-0.3, -0.25) is 4.72 Å². The van der Waals surface area contributed by atoms with Crippen LogP contribution in [0.1, 0.15) is 26.2 Å². The largest absolute Gasteiger partial charge is 0.302 e. The summed E-state index contributed by atoms with van der Waals surface area (Å²) in [7, 11) is -3.96. The van der Waals surface area contributed by atoms with Crippen LogP contribution in [-0.4, -0.2) is 25.3 Å². The van der Waals surface area contributed by atoms with Gasteiger partial charge in [-0.1, -0.05) is 22.4 Å². The van der Waals surface area contributed by atoms with Crippen LogP contribution >= 0.6 is 15.9 Å². The van der Waals surface area contributed by atoms with Crippen LogP contribution in [0.15, 0.2) is 16.6 Å². The smallest absolute Gasteiger partial charge is 0.265 e. The SMILES string of the molecule is CC1CCCCN1S(=O)(=O)Nc1c(F)cc(Br)cc1F. The maximum Gasteiger partial charge on any atom is 0.302 e. The molecule has 20 heavy (non-hydrogen) atoms. The minimum Gasteiger partial charge on any atom is -0.265 e. The van der Waals surface area contributed by atoms with E-state index in [-0.39, 0.29) is 10.5 Å². The Morgan fingerprint density at radius 2 is 1.90 bits per heavy atom. The van der Waals surface area contributed by atoms with Gasteiger partial charge in [-0.15, -0.1) is 0 Å². The molecule has 0 bridgehead atoms. The van der Waals surface area contributed by atoms with Crippen molar-refractivity contribution in [2.75, 3.05) is 11.3 Å². The average Bonchev–Trinajstić information content (AvgIpc) is 2.34. The molecule has 8 heteroatoms. The van der Waals surface area contributed by atoms with Crippen LogP contribution in [-0.2, 0) is 10.2 Å². The first kappa shape index (κ1) is 15.7. The minimum absolute atomic E-state index is 0.178. The molecule has 0 spiro atoms. The maximum atomic E-state index is 13.7. The molecule has 1 atom stereocenters. The molecule has 1 aromatic carbocycles. The van der Waals surface area contributed by atoms with E-state index in [1.165, 1.54) is 4.31 Å². The predicted molar refractivity (Wildman–Crippen MR) is 76.6 cm³/mol. The Morgan fingerprint density at radius 3 is 2.45 bits per heavy atom. The lowest BCUT2D eigenvalue weighted by Gasteiger charge is -2.32. The van der Waals surface area contributed by atoms with Crippen LogP contribution in [0.5, 0.6) is 0 Å². The second kappa shape index (κ2) is 5.95. The van der Waals surface area contributed by atoms with Gasteiger partial charge in [0.05, 0.1) is 0 Å². The van der Waals surface area contributed by atoms with Gasteiger partial charge >= 0.3 is 10.2 Å². The molecule has 1 aliphatic heterocycles. The molecule has 4 nitrogen and oxygen atoms in total. The van der Waals surface area contributed by atoms with Gasteiger partial charge in [0.1, 0.15) is 5.69 Å². The number of hydrogen-bond acceptors (Lipinski definition) is 2. The molecule has 0 amide bonds. The first-order valence-corrected chi connectivity index (χ1v) is 8.48. The number of rotatable bonds is 3. The van der Waals surface area contributed by atoms with Gasteiger partial charge in [-0.2, -0.15) is 12.7 Å². The van der Waals surface area contributed by atoms with Gasteiger partial charge < -0.3 is 0 Å². The van der Waals surface area contributed by atoms with Gasteiger partial charge in [0.15, 0.2) is 11.6 Å². The molecular formula is C12H15BrF2N2O2S. The molecule has 2 rings (SSSR count). The van der Waals surface area contributed by atoms with E-state index in [1.54, 1.807) is 6.92 Å². The Bertz CT molecular complexity index is 586. The third-order valence-electron chi connectivity index (χ3n) is 3.29. The van der Waals surface area contributed by atoms with Gasteiger partial charge in [0.25, 0.3) is 0 Å². The van der Waals surface area contributed by atoms with Crippen LogP contribution in [0, 0.1) is 11.6 Å². The summed E-state index contributed by atoms with van der Waals surface area (Å²) in [5.41, 5.74) is -0.647. The first-order valence-electron chi connectivity index (χ1n) is 6.25. The molecule has 1 unspecified atom stereocenters. The lowest BCUT2D eigenvalue weighted by molar-refractivity contribution is 0.270. The van der Waals surface area contributed by atoms with Crippen LogP contribution in [0.4, 0.5) is 14.5 Å². The Labute approximate surface area is 125 Å². The van der Waals surface area contributed by atoms with E-state index in [1.807, 2.05) is 4.72 Å². The van der Waals surface area contributed by atoms with Crippen molar-refractivity contribution in [3.05, 3.63) is 28.2 Å². The van der Waals surface area contributed by atoms with Crippen LogP contribution < -0.4 is 4.72 Å². The highest BCUT2D eigenvalue weighted by Crippen LogP contribution is 2.27. The van der Waals surface area contributed by atoms with Gasteiger partial charge in [0.2, 0.25) is 0 Å². The molecule has 112 valence electrons. The van der Waals surface area contributed by atoms with E-state index in [0.29, 0.717) is 6.54 Å². The van der Waals surface area contributed by atoms with Gasteiger partial charge in [0, 0.05) is 17.1 Å². The standard InChI is InChI=1S/C12H15BrF2N2O2S/c1-8-4-2-3-5-17(8)20(18,19)16-12-10(14)6-9(13)7-11(12)15/h6-8,16H,2-5H2,1H3. The van der Waals surface area contributed by atoms with E-state index in [2.05, 4.69) is 15.9 Å². The summed E-state index contributed by atoms with van der Waals surface area (Å²) >= 11 is 2.95. The van der Waals surface area contributed by atoms with E-state index in [0.717, 1.165) is 31.4 Å². The maximum absolute atomic E-state index is 13.7. The second-order valence-corrected chi connectivity index (χ2v) is 7.35. The normalized spacial score (nSPS) is 20.9. The molecule has 1 fully saturated rings. The van der Waals surface area contributed by atoms with Crippen LogP contribution in [0.2, 0.25) is 0 Å². The Hall–Kier alpha value is -0.730. The fourth-order valence-corrected chi connectivity index (χ4v) is 4.18. The van der Waals surface area contributed by atoms with E-state index in [4.69, 9.17) is 0 Å². The zero-order valence-corrected chi connectivity index (χ0v) is 13.3. The number of nitrogens with one attached hydrogen (secondary N) is 1. The number of halogens is 3. The van der Waals surface area contributed by atoms with Crippen LogP contribution in [0.25, 0.3) is 0 Å². The van der Waals surface area contributed by atoms with Crippen molar-refractivity contribution >= 4 is 31.8 Å². The highest BCUT2D eigenvalue weighted by atomic mass is 79.9. The third kappa shape index (κ3) is 3.29. The molecule has 0 saturated carbocycles. The molecule has 0 aliphatic carbocycles. The third-order valence-corrected chi connectivity index (χ3v) is 5.37. The molecule has 1 heterocycles.